The van der Waals surface area contributed by atoms with Gasteiger partial charge >= 0.3 is 0 Å². The first-order valence-corrected chi connectivity index (χ1v) is 6.83. The molecule has 0 aliphatic carbocycles. The van der Waals surface area contributed by atoms with Gasteiger partial charge in [-0.3, -0.25) is 4.79 Å². The second-order valence-electron chi connectivity index (χ2n) is 5.26. The van der Waals surface area contributed by atoms with E-state index in [0.717, 1.165) is 31.6 Å². The van der Waals surface area contributed by atoms with Crippen molar-refractivity contribution in [3.63, 3.8) is 0 Å². The number of carbonyl (C=O) groups excluding carboxylic acids is 1. The zero-order valence-electron chi connectivity index (χ0n) is 11.2. The molecule has 0 aromatic heterocycles. The van der Waals surface area contributed by atoms with Crippen molar-refractivity contribution in [2.45, 2.75) is 19.3 Å². The van der Waals surface area contributed by atoms with Gasteiger partial charge in [0.1, 0.15) is 0 Å². The van der Waals surface area contributed by atoms with Gasteiger partial charge in [0, 0.05) is 25.2 Å². The molecule has 0 spiro atoms. The largest absolute Gasteiger partial charge is 0.381 e. The molecule has 3 N–H and O–H groups in total. The summed E-state index contributed by atoms with van der Waals surface area (Å²) >= 11 is 0. The van der Waals surface area contributed by atoms with Crippen molar-refractivity contribution >= 4 is 5.91 Å². The van der Waals surface area contributed by atoms with E-state index in [4.69, 9.17) is 10.5 Å². The van der Waals surface area contributed by atoms with Crippen molar-refractivity contribution in [3.8, 4) is 0 Å². The molecular weight excluding hydrogens is 240 g/mol. The summed E-state index contributed by atoms with van der Waals surface area (Å²) in [6.45, 7) is 2.73. The first kappa shape index (κ1) is 14.0. The maximum absolute atomic E-state index is 11.9. The Labute approximate surface area is 114 Å². The maximum Gasteiger partial charge on any atom is 0.224 e. The Hall–Kier alpha value is -1.39. The van der Waals surface area contributed by atoms with E-state index in [1.165, 1.54) is 0 Å². The minimum absolute atomic E-state index is 0.0185. The summed E-state index contributed by atoms with van der Waals surface area (Å²) < 4.78 is 5.36. The molecule has 4 heteroatoms. The molecule has 1 aliphatic rings. The van der Waals surface area contributed by atoms with E-state index in [9.17, 15) is 4.79 Å². The normalized spacial score (nSPS) is 17.9. The molecule has 0 radical (unpaired) electrons. The summed E-state index contributed by atoms with van der Waals surface area (Å²) in [5, 5.41) is 3.02. The Balaban J connectivity index is 1.82. The van der Waals surface area contributed by atoms with Crippen LogP contribution in [0.3, 0.4) is 0 Å². The molecule has 19 heavy (non-hydrogen) atoms. The van der Waals surface area contributed by atoms with Crippen molar-refractivity contribution in [2.24, 2.45) is 11.1 Å². The summed E-state index contributed by atoms with van der Waals surface area (Å²) in [5.74, 6) is 0.0607. The average Bonchev–Trinajstić information content (AvgIpc) is 2.47. The fraction of sp³-hybridized carbons (Fsp3) is 0.533. The summed E-state index contributed by atoms with van der Waals surface area (Å²) in [7, 11) is 0. The van der Waals surface area contributed by atoms with Gasteiger partial charge < -0.3 is 15.8 Å². The zero-order chi connectivity index (χ0) is 13.6. The second kappa shape index (κ2) is 6.68. The number of amides is 1. The van der Waals surface area contributed by atoms with E-state index in [-0.39, 0.29) is 11.3 Å². The van der Waals surface area contributed by atoms with E-state index in [2.05, 4.69) is 5.32 Å². The second-order valence-corrected chi connectivity index (χ2v) is 5.26. The van der Waals surface area contributed by atoms with Crippen molar-refractivity contribution in [2.75, 3.05) is 26.3 Å². The Bertz CT molecular complexity index is 400. The first-order chi connectivity index (χ1) is 9.24. The zero-order valence-corrected chi connectivity index (χ0v) is 11.2. The van der Waals surface area contributed by atoms with Gasteiger partial charge in [-0.25, -0.2) is 0 Å². The number of rotatable bonds is 5. The van der Waals surface area contributed by atoms with Gasteiger partial charge in [0.05, 0.1) is 6.42 Å². The van der Waals surface area contributed by atoms with Crippen LogP contribution < -0.4 is 11.1 Å². The van der Waals surface area contributed by atoms with E-state index in [1.54, 1.807) is 0 Å². The number of benzene rings is 1. The quantitative estimate of drug-likeness (QED) is 0.835. The van der Waals surface area contributed by atoms with Crippen LogP contribution in [0.1, 0.15) is 18.4 Å². The molecule has 0 atom stereocenters. The lowest BCUT2D eigenvalue weighted by atomic mass is 9.80. The van der Waals surface area contributed by atoms with Gasteiger partial charge in [-0.15, -0.1) is 0 Å². The first-order valence-electron chi connectivity index (χ1n) is 6.83. The predicted molar refractivity (Wildman–Crippen MR) is 74.7 cm³/mol. The highest BCUT2D eigenvalue weighted by Gasteiger charge is 2.31. The fourth-order valence-electron chi connectivity index (χ4n) is 2.39. The average molecular weight is 262 g/mol. The minimum Gasteiger partial charge on any atom is -0.381 e. The minimum atomic E-state index is 0.0185. The number of hydrogen-bond donors (Lipinski definition) is 2. The van der Waals surface area contributed by atoms with Crippen LogP contribution in [0, 0.1) is 5.41 Å². The molecule has 2 rings (SSSR count). The smallest absolute Gasteiger partial charge is 0.224 e. The Morgan fingerprint density at radius 2 is 1.95 bits per heavy atom. The van der Waals surface area contributed by atoms with Crippen LogP contribution in [0.5, 0.6) is 0 Å². The molecule has 1 heterocycles. The van der Waals surface area contributed by atoms with E-state index < -0.39 is 0 Å². The Morgan fingerprint density at radius 3 is 2.58 bits per heavy atom. The van der Waals surface area contributed by atoms with Crippen molar-refractivity contribution in [1.29, 1.82) is 0 Å². The summed E-state index contributed by atoms with van der Waals surface area (Å²) in [6.07, 6.45) is 2.28. The van der Waals surface area contributed by atoms with Gasteiger partial charge in [0.15, 0.2) is 0 Å². The highest BCUT2D eigenvalue weighted by atomic mass is 16.5. The molecule has 0 unspecified atom stereocenters. The molecule has 0 bridgehead atoms. The summed E-state index contributed by atoms with van der Waals surface area (Å²) in [4.78, 5) is 11.9. The molecule has 0 saturated carbocycles. The lowest BCUT2D eigenvalue weighted by molar-refractivity contribution is -0.121. The Morgan fingerprint density at radius 1 is 1.26 bits per heavy atom. The molecule has 1 saturated heterocycles. The molecule has 1 fully saturated rings. The van der Waals surface area contributed by atoms with Crippen LogP contribution in [0.4, 0.5) is 0 Å². The fourth-order valence-corrected chi connectivity index (χ4v) is 2.39. The van der Waals surface area contributed by atoms with Crippen LogP contribution in [-0.2, 0) is 16.0 Å². The highest BCUT2D eigenvalue weighted by Crippen LogP contribution is 2.28. The van der Waals surface area contributed by atoms with E-state index in [1.807, 2.05) is 30.3 Å². The number of nitrogens with two attached hydrogens (primary N) is 1. The number of ether oxygens (including phenoxy) is 1. The van der Waals surface area contributed by atoms with Crippen molar-refractivity contribution in [1.82, 2.24) is 5.32 Å². The topological polar surface area (TPSA) is 64.3 Å². The molecule has 1 aliphatic heterocycles. The summed E-state index contributed by atoms with van der Waals surface area (Å²) in [5.41, 5.74) is 6.92. The molecular formula is C15H22N2O2. The van der Waals surface area contributed by atoms with Crippen LogP contribution in [0.2, 0.25) is 0 Å². The summed E-state index contributed by atoms with van der Waals surface area (Å²) in [6, 6.07) is 9.78. The standard InChI is InChI=1S/C15H22N2O2/c16-11-15(6-8-19-9-7-15)12-17-14(18)10-13-4-2-1-3-5-13/h1-5H,6-12,16H2,(H,17,18). The molecule has 1 aromatic carbocycles. The third-order valence-corrected chi connectivity index (χ3v) is 3.85. The van der Waals surface area contributed by atoms with E-state index in [0.29, 0.717) is 19.5 Å². The van der Waals surface area contributed by atoms with Crippen LogP contribution in [-0.4, -0.2) is 32.2 Å². The molecule has 1 aromatic rings. The van der Waals surface area contributed by atoms with Gasteiger partial charge in [-0.2, -0.15) is 0 Å². The molecule has 104 valence electrons. The van der Waals surface area contributed by atoms with Crippen molar-refractivity contribution < 1.29 is 9.53 Å². The third kappa shape index (κ3) is 4.04. The number of carbonyl (C=O) groups is 1. The van der Waals surface area contributed by atoms with Crippen LogP contribution in [0.15, 0.2) is 30.3 Å². The van der Waals surface area contributed by atoms with Gasteiger partial charge in [-0.05, 0) is 24.9 Å². The van der Waals surface area contributed by atoms with Gasteiger partial charge in [0.25, 0.3) is 0 Å². The number of nitrogens with one attached hydrogen (secondary N) is 1. The third-order valence-electron chi connectivity index (χ3n) is 3.85. The lowest BCUT2D eigenvalue weighted by Crippen LogP contribution is -2.46. The lowest BCUT2D eigenvalue weighted by Gasteiger charge is -2.36. The monoisotopic (exact) mass is 262 g/mol. The van der Waals surface area contributed by atoms with Gasteiger partial charge in [-0.1, -0.05) is 30.3 Å². The van der Waals surface area contributed by atoms with Crippen LogP contribution in [0.25, 0.3) is 0 Å². The molecule has 4 nitrogen and oxygen atoms in total. The Kier molecular flexibility index (Phi) is 4.93. The highest BCUT2D eigenvalue weighted by molar-refractivity contribution is 5.78. The van der Waals surface area contributed by atoms with Crippen molar-refractivity contribution in [3.05, 3.63) is 35.9 Å². The molecule has 1 amide bonds. The predicted octanol–water partition coefficient (Wildman–Crippen LogP) is 1.10. The SMILES string of the molecule is NCC1(CNC(=O)Cc2ccccc2)CCOCC1. The number of hydrogen-bond acceptors (Lipinski definition) is 3. The van der Waals surface area contributed by atoms with Gasteiger partial charge in [0.2, 0.25) is 5.91 Å². The maximum atomic E-state index is 11.9. The van der Waals surface area contributed by atoms with E-state index >= 15 is 0 Å². The van der Waals surface area contributed by atoms with Crippen LogP contribution >= 0.6 is 0 Å².